The molecule has 2 heterocycles. The van der Waals surface area contributed by atoms with Gasteiger partial charge >= 0.3 is 6.18 Å². The lowest BCUT2D eigenvalue weighted by Crippen LogP contribution is -2.23. The topological polar surface area (TPSA) is 34.9 Å². The first kappa shape index (κ1) is 20.2. The Morgan fingerprint density at radius 3 is 2.83 bits per heavy atom. The number of allylic oxidation sites excluding steroid dienone is 1. The molecule has 0 fully saturated rings. The van der Waals surface area contributed by atoms with Crippen LogP contribution in [0.15, 0.2) is 46.9 Å². The van der Waals surface area contributed by atoms with Crippen molar-refractivity contribution >= 4 is 33.3 Å². The van der Waals surface area contributed by atoms with Crippen molar-refractivity contribution in [3.05, 3.63) is 68.8 Å². The zero-order valence-electron chi connectivity index (χ0n) is 15.6. The van der Waals surface area contributed by atoms with Crippen LogP contribution in [0.2, 0.25) is 0 Å². The van der Waals surface area contributed by atoms with E-state index in [0.717, 1.165) is 48.2 Å². The lowest BCUT2D eigenvalue weighted by Gasteiger charge is -2.13. The maximum Gasteiger partial charge on any atom is 0.416 e. The Balaban J connectivity index is 1.71. The van der Waals surface area contributed by atoms with Crippen molar-refractivity contribution < 1.29 is 13.2 Å². The molecular formula is C21H19F3N2OS2. The smallest absolute Gasteiger partial charge is 0.283 e. The molecule has 0 saturated heterocycles. The lowest BCUT2D eigenvalue weighted by molar-refractivity contribution is -0.137. The molecule has 0 amide bonds. The van der Waals surface area contributed by atoms with Crippen molar-refractivity contribution in [1.29, 1.82) is 0 Å². The molecule has 4 rings (SSSR count). The Labute approximate surface area is 174 Å². The highest BCUT2D eigenvalue weighted by Gasteiger charge is 2.30. The van der Waals surface area contributed by atoms with E-state index in [4.69, 9.17) is 4.98 Å². The first-order valence-electron chi connectivity index (χ1n) is 9.33. The molecule has 0 N–H and O–H groups in total. The van der Waals surface area contributed by atoms with Crippen LogP contribution in [-0.4, -0.2) is 9.55 Å². The van der Waals surface area contributed by atoms with Crippen molar-refractivity contribution in [1.82, 2.24) is 9.55 Å². The first-order chi connectivity index (χ1) is 13.9. The van der Waals surface area contributed by atoms with Crippen molar-refractivity contribution in [2.45, 2.75) is 49.3 Å². The van der Waals surface area contributed by atoms with E-state index in [0.29, 0.717) is 28.4 Å². The van der Waals surface area contributed by atoms with Crippen LogP contribution in [0.4, 0.5) is 13.2 Å². The van der Waals surface area contributed by atoms with Gasteiger partial charge < -0.3 is 0 Å². The summed E-state index contributed by atoms with van der Waals surface area (Å²) in [6, 6.07) is 5.26. The fourth-order valence-corrected chi connectivity index (χ4v) is 5.86. The Morgan fingerprint density at radius 2 is 2.07 bits per heavy atom. The molecule has 8 heteroatoms. The van der Waals surface area contributed by atoms with Crippen molar-refractivity contribution in [3.8, 4) is 0 Å². The van der Waals surface area contributed by atoms with E-state index in [1.54, 1.807) is 28.0 Å². The molecule has 1 aliphatic rings. The molecule has 29 heavy (non-hydrogen) atoms. The molecule has 0 bridgehead atoms. The minimum Gasteiger partial charge on any atom is -0.283 e. The Bertz CT molecular complexity index is 1130. The lowest BCUT2D eigenvalue weighted by atomic mass is 9.97. The van der Waals surface area contributed by atoms with Crippen LogP contribution in [0.1, 0.15) is 34.4 Å². The number of hydrogen-bond donors (Lipinski definition) is 0. The third-order valence-electron chi connectivity index (χ3n) is 4.97. The fourth-order valence-electron chi connectivity index (χ4n) is 3.61. The maximum atomic E-state index is 13.2. The number of thioether (sulfide) groups is 1. The van der Waals surface area contributed by atoms with Gasteiger partial charge in [0.15, 0.2) is 5.16 Å². The van der Waals surface area contributed by atoms with E-state index >= 15 is 0 Å². The number of aryl methyl sites for hydroxylation is 2. The number of fused-ring (bicyclic) bond motifs is 3. The highest BCUT2D eigenvalue weighted by atomic mass is 32.2. The Kier molecular flexibility index (Phi) is 5.57. The zero-order chi connectivity index (χ0) is 20.6. The predicted molar refractivity (Wildman–Crippen MR) is 112 cm³/mol. The van der Waals surface area contributed by atoms with Gasteiger partial charge in [0.25, 0.3) is 5.56 Å². The summed E-state index contributed by atoms with van der Waals surface area (Å²) in [6.07, 6.45) is 1.34. The van der Waals surface area contributed by atoms with Crippen molar-refractivity contribution in [2.75, 3.05) is 0 Å². The Morgan fingerprint density at radius 1 is 1.28 bits per heavy atom. The molecular weight excluding hydrogens is 417 g/mol. The molecule has 2 aromatic heterocycles. The van der Waals surface area contributed by atoms with E-state index in [2.05, 4.69) is 6.58 Å². The number of nitrogens with zero attached hydrogens (tertiary/aromatic N) is 2. The standard InChI is InChI=1S/C21H19F3N2OS2/c1-2-10-26-19(27)17-15-8-3-4-9-16(15)29-18(17)25-20(26)28-12-13-6-5-7-14(11-13)21(22,23)24/h2,5-7,11H,1,3-4,8-10,12H2. The normalized spacial score (nSPS) is 14.2. The molecule has 1 aromatic carbocycles. The molecule has 0 radical (unpaired) electrons. The van der Waals surface area contributed by atoms with Crippen LogP contribution in [0.3, 0.4) is 0 Å². The highest BCUT2D eigenvalue weighted by molar-refractivity contribution is 7.98. The number of aromatic nitrogens is 2. The predicted octanol–water partition coefficient (Wildman–Crippen LogP) is 5.83. The summed E-state index contributed by atoms with van der Waals surface area (Å²) in [5.41, 5.74) is 0.907. The van der Waals surface area contributed by atoms with Crippen LogP contribution in [0.25, 0.3) is 10.2 Å². The second-order valence-corrected chi connectivity index (χ2v) is 9.00. The summed E-state index contributed by atoms with van der Waals surface area (Å²) < 4.78 is 40.5. The van der Waals surface area contributed by atoms with Crippen LogP contribution in [0, 0.1) is 0 Å². The first-order valence-corrected chi connectivity index (χ1v) is 11.1. The quantitative estimate of drug-likeness (QED) is 0.287. The third-order valence-corrected chi connectivity index (χ3v) is 7.21. The molecule has 0 spiro atoms. The monoisotopic (exact) mass is 436 g/mol. The van der Waals surface area contributed by atoms with Crippen LogP contribution >= 0.6 is 23.1 Å². The van der Waals surface area contributed by atoms with Gasteiger partial charge in [-0.15, -0.1) is 17.9 Å². The number of hydrogen-bond acceptors (Lipinski definition) is 4. The molecule has 0 aliphatic heterocycles. The third kappa shape index (κ3) is 4.00. The van der Waals surface area contributed by atoms with E-state index in [1.807, 2.05) is 0 Å². The van der Waals surface area contributed by atoms with Gasteiger partial charge in [-0.3, -0.25) is 9.36 Å². The van der Waals surface area contributed by atoms with Gasteiger partial charge in [-0.1, -0.05) is 36.0 Å². The summed E-state index contributed by atoms with van der Waals surface area (Å²) in [5.74, 6) is 0.296. The molecule has 1 aliphatic carbocycles. The van der Waals surface area contributed by atoms with Gasteiger partial charge in [-0.05, 0) is 42.9 Å². The van der Waals surface area contributed by atoms with E-state index in [9.17, 15) is 18.0 Å². The average Bonchev–Trinajstić information content (AvgIpc) is 3.07. The van der Waals surface area contributed by atoms with Gasteiger partial charge in [-0.2, -0.15) is 13.2 Å². The number of benzene rings is 1. The van der Waals surface area contributed by atoms with Gasteiger partial charge in [0.05, 0.1) is 10.9 Å². The van der Waals surface area contributed by atoms with Crippen LogP contribution in [-0.2, 0) is 31.3 Å². The van der Waals surface area contributed by atoms with Gasteiger partial charge in [0, 0.05) is 17.2 Å². The van der Waals surface area contributed by atoms with Crippen molar-refractivity contribution in [3.63, 3.8) is 0 Å². The summed E-state index contributed by atoms with van der Waals surface area (Å²) in [4.78, 5) is 19.9. The number of alkyl halides is 3. The molecule has 3 aromatic rings. The van der Waals surface area contributed by atoms with E-state index in [-0.39, 0.29) is 5.56 Å². The highest BCUT2D eigenvalue weighted by Crippen LogP contribution is 2.35. The minimum atomic E-state index is -4.38. The van der Waals surface area contributed by atoms with E-state index < -0.39 is 11.7 Å². The summed E-state index contributed by atoms with van der Waals surface area (Å²) in [5, 5.41) is 1.22. The second kappa shape index (κ2) is 7.99. The maximum absolute atomic E-state index is 13.2. The average molecular weight is 437 g/mol. The summed E-state index contributed by atoms with van der Waals surface area (Å²) in [7, 11) is 0. The number of thiophene rings is 1. The molecule has 0 unspecified atom stereocenters. The number of rotatable bonds is 5. The second-order valence-electron chi connectivity index (χ2n) is 6.98. The Hall–Kier alpha value is -2.06. The minimum absolute atomic E-state index is 0.0826. The molecule has 152 valence electrons. The molecule has 0 atom stereocenters. The fraction of sp³-hybridized carbons (Fsp3) is 0.333. The largest absolute Gasteiger partial charge is 0.416 e. The summed E-state index contributed by atoms with van der Waals surface area (Å²) >= 11 is 2.85. The van der Waals surface area contributed by atoms with Crippen molar-refractivity contribution in [2.24, 2.45) is 0 Å². The van der Waals surface area contributed by atoms with Gasteiger partial charge in [0.2, 0.25) is 0 Å². The van der Waals surface area contributed by atoms with Crippen LogP contribution in [0.5, 0.6) is 0 Å². The van der Waals surface area contributed by atoms with Crippen LogP contribution < -0.4 is 5.56 Å². The zero-order valence-corrected chi connectivity index (χ0v) is 17.2. The van der Waals surface area contributed by atoms with Gasteiger partial charge in [-0.25, -0.2) is 4.98 Å². The SMILES string of the molecule is C=CCn1c(SCc2cccc(C(F)(F)F)c2)nc2sc3c(c2c1=O)CCCC3. The summed E-state index contributed by atoms with van der Waals surface area (Å²) in [6.45, 7) is 4.05. The molecule has 0 saturated carbocycles. The van der Waals surface area contributed by atoms with E-state index in [1.165, 1.54) is 22.7 Å². The number of halogens is 3. The van der Waals surface area contributed by atoms with Gasteiger partial charge in [0.1, 0.15) is 4.83 Å². The molecule has 3 nitrogen and oxygen atoms in total.